The molecule has 0 bridgehead atoms. The van der Waals surface area contributed by atoms with Crippen LogP contribution in [0.1, 0.15) is 116 Å². The highest BCUT2D eigenvalue weighted by molar-refractivity contribution is 6.62. The number of fused-ring (bicyclic) bond motifs is 3. The van der Waals surface area contributed by atoms with Gasteiger partial charge < -0.3 is 68.1 Å². The number of carbonyl (C=O) groups is 3. The van der Waals surface area contributed by atoms with E-state index in [0.29, 0.717) is 107 Å². The topological polar surface area (TPSA) is 277 Å². The molecule has 562 valence electrons. The number of aryl methyl sites for hydroxylation is 6. The minimum Gasteiger partial charge on any atom is -0.481 e. The Hall–Kier alpha value is -11.0. The first-order valence-corrected chi connectivity index (χ1v) is 34.6. The summed E-state index contributed by atoms with van der Waals surface area (Å²) in [4.78, 5) is 75.3. The molecule has 16 rings (SSSR count). The van der Waals surface area contributed by atoms with Gasteiger partial charge in [-0.2, -0.15) is 0 Å². The van der Waals surface area contributed by atoms with Crippen LogP contribution in [0.5, 0.6) is 46.3 Å². The number of rotatable bonds is 14. The predicted molar refractivity (Wildman–Crippen MR) is 385 cm³/mol. The Bertz CT molecular complexity index is 5140. The van der Waals surface area contributed by atoms with Crippen molar-refractivity contribution >= 4 is 59.4 Å². The summed E-state index contributed by atoms with van der Waals surface area (Å²) in [5.41, 5.74) is 7.33. The maximum Gasteiger partial charge on any atom is 0.586 e. The molecule has 7 aliphatic rings. The molecule has 1 saturated heterocycles. The standard InChI is InChI=1S/C24H21F2N3O4.C23H19F2N3O4.C17H13ClF2N2O3.C13H20BNO3/c1-13-4-7-19(28-20(13)15-10-14(2)21(31-3)27-12-15)29-22(30)23(8-9-23)16-5-6-17-18(11-16)33-24(25,26)32-17;1-12-3-6-18(27-19(12)14-9-13(2)20(29)26-11-14)28-21(30)22(7-8-22)15-4-5-16-17(10-15)32-23(24,25)31-16;1-9-2-5-13(21-14(9)18)22-15(23)16(6-7-16)10-3-4-11-12(8-10)25-17(19,20)24-11;1-9-7-10(8-15-11(9)16-6)14-17-12(2,3)13(4,5)18-14/h4-7,10-12H,8-9H2,1-3H3,(H,28,29,30);3-6,9-11H,7-8H2,1-2H3,(H,26,29)(H,27,28,30);2-5,8H,6-7H2,1H3,(H,21,22,23);7-8H,1-6H3. The largest absolute Gasteiger partial charge is 0.586 e. The number of aromatic nitrogens is 6. The second-order valence-electron chi connectivity index (χ2n) is 28.3. The second kappa shape index (κ2) is 28.0. The van der Waals surface area contributed by atoms with Crippen molar-refractivity contribution in [1.29, 1.82) is 0 Å². The van der Waals surface area contributed by atoms with Crippen LogP contribution in [0.15, 0.2) is 133 Å². The Balaban J connectivity index is 0.000000130. The van der Waals surface area contributed by atoms with Gasteiger partial charge in [0.2, 0.25) is 29.5 Å². The molecule has 4 fully saturated rings. The van der Waals surface area contributed by atoms with Crippen LogP contribution in [0.4, 0.5) is 43.8 Å². The van der Waals surface area contributed by atoms with Crippen LogP contribution in [0.25, 0.3) is 22.5 Å². The van der Waals surface area contributed by atoms with Gasteiger partial charge in [-0.1, -0.05) is 54.1 Å². The van der Waals surface area contributed by atoms with Crippen molar-refractivity contribution in [1.82, 2.24) is 29.9 Å². The second-order valence-corrected chi connectivity index (χ2v) is 28.6. The van der Waals surface area contributed by atoms with Gasteiger partial charge in [0.05, 0.1) is 53.1 Å². The van der Waals surface area contributed by atoms with E-state index in [1.54, 1.807) is 88.3 Å². The highest BCUT2D eigenvalue weighted by atomic mass is 35.5. The zero-order chi connectivity index (χ0) is 77.4. The lowest BCUT2D eigenvalue weighted by Crippen LogP contribution is -2.41. The van der Waals surface area contributed by atoms with Crippen LogP contribution in [0.3, 0.4) is 0 Å². The van der Waals surface area contributed by atoms with E-state index in [1.807, 2.05) is 86.6 Å². The number of hydrogen-bond donors (Lipinski definition) is 4. The number of nitrogens with zero attached hydrogens (tertiary/aromatic N) is 5. The Labute approximate surface area is 620 Å². The molecule has 0 atom stereocenters. The number of benzene rings is 3. The fourth-order valence-electron chi connectivity index (χ4n) is 12.7. The zero-order valence-corrected chi connectivity index (χ0v) is 61.3. The maximum absolute atomic E-state index is 13.4. The molecule has 10 heterocycles. The zero-order valence-electron chi connectivity index (χ0n) is 60.5. The van der Waals surface area contributed by atoms with E-state index in [4.69, 9.17) is 30.4 Å². The lowest BCUT2D eigenvalue weighted by molar-refractivity contribution is -0.287. The number of H-pyrrole nitrogens is 1. The van der Waals surface area contributed by atoms with Gasteiger partial charge in [-0.3, -0.25) is 19.2 Å². The highest BCUT2D eigenvalue weighted by Crippen LogP contribution is 2.55. The normalized spacial score (nSPS) is 18.1. The highest BCUT2D eigenvalue weighted by Gasteiger charge is 2.57. The minimum atomic E-state index is -3.71. The number of aromatic amines is 1. The fraction of sp³-hybridized carbons (Fsp3) is 0.338. The lowest BCUT2D eigenvalue weighted by Gasteiger charge is -2.32. The Morgan fingerprint density at radius 3 is 1.19 bits per heavy atom. The molecule has 108 heavy (non-hydrogen) atoms. The first-order chi connectivity index (χ1) is 50.9. The van der Waals surface area contributed by atoms with E-state index in [-0.39, 0.29) is 76.1 Å². The Morgan fingerprint density at radius 2 is 0.815 bits per heavy atom. The van der Waals surface area contributed by atoms with Crippen molar-refractivity contribution in [3.8, 4) is 68.8 Å². The number of pyridine rings is 6. The molecular weight excluding hydrogens is 1440 g/mol. The minimum absolute atomic E-state index is 0.0445. The summed E-state index contributed by atoms with van der Waals surface area (Å²) in [5, 5.41) is 8.79. The lowest BCUT2D eigenvalue weighted by atomic mass is 9.80. The van der Waals surface area contributed by atoms with Gasteiger partial charge in [-0.25, -0.2) is 24.9 Å². The molecule has 4 N–H and O–H groups in total. The van der Waals surface area contributed by atoms with Crippen LogP contribution in [0.2, 0.25) is 5.15 Å². The predicted octanol–water partition coefficient (Wildman–Crippen LogP) is 14.5. The molecule has 3 aromatic carbocycles. The number of hydrogen-bond acceptors (Lipinski definition) is 19. The SMILES string of the molecule is COc1ncc(-c2nc(NC(=O)C3(c4ccc5c(c4)OC(F)(F)O5)CC3)ccc2C)cc1C.COc1ncc(B2OC(C)(C)C(C)(C)O2)cc1C.Cc1ccc(NC(=O)C2(c3ccc4c(c3)OC(F)(F)O4)CC2)nc1-c1c[nH]c(=O)c(C)c1.Cc1ccc(NC(=O)C2(c3ccc4c(c3)OC(F)(F)O4)CC2)nc1Cl. The molecule has 0 radical (unpaired) electrons. The molecule has 0 spiro atoms. The number of alkyl halides is 6. The van der Waals surface area contributed by atoms with Crippen LogP contribution in [0, 0.1) is 41.5 Å². The average Bonchev–Trinajstić information content (AvgIpc) is 1.59. The van der Waals surface area contributed by atoms with Crippen molar-refractivity contribution in [2.45, 2.75) is 154 Å². The smallest absolute Gasteiger partial charge is 0.481 e. The van der Waals surface area contributed by atoms with E-state index in [2.05, 4.69) is 74.3 Å². The summed E-state index contributed by atoms with van der Waals surface area (Å²) in [7, 11) is 2.81. The first kappa shape index (κ1) is 75.3. The van der Waals surface area contributed by atoms with Gasteiger partial charge in [0.1, 0.15) is 22.6 Å². The quantitative estimate of drug-likeness (QED) is 0.0447. The number of amides is 3. The third-order valence-electron chi connectivity index (χ3n) is 20.0. The number of methoxy groups -OCH3 is 2. The van der Waals surface area contributed by atoms with Crippen molar-refractivity contribution in [2.75, 3.05) is 30.2 Å². The van der Waals surface area contributed by atoms with Crippen LogP contribution in [-0.2, 0) is 39.9 Å². The maximum atomic E-state index is 13.4. The number of anilines is 3. The van der Waals surface area contributed by atoms with Gasteiger partial charge >= 0.3 is 26.0 Å². The van der Waals surface area contributed by atoms with Gasteiger partial charge in [0, 0.05) is 51.9 Å². The van der Waals surface area contributed by atoms with Crippen LogP contribution >= 0.6 is 11.6 Å². The van der Waals surface area contributed by atoms with Crippen molar-refractivity contribution in [2.24, 2.45) is 0 Å². The number of nitrogens with one attached hydrogen (secondary N) is 4. The van der Waals surface area contributed by atoms with E-state index in [0.717, 1.165) is 44.4 Å². The molecule has 6 aromatic heterocycles. The van der Waals surface area contributed by atoms with Crippen molar-refractivity contribution < 1.29 is 87.9 Å². The van der Waals surface area contributed by atoms with Crippen LogP contribution in [-0.4, -0.2) is 99.0 Å². The summed E-state index contributed by atoms with van der Waals surface area (Å²) < 4.78 is 129. The van der Waals surface area contributed by atoms with E-state index < -0.39 is 35.1 Å². The fourth-order valence-corrected chi connectivity index (χ4v) is 12.8. The summed E-state index contributed by atoms with van der Waals surface area (Å²) in [6.07, 6.45) is -2.53. The van der Waals surface area contributed by atoms with Gasteiger partial charge in [0.25, 0.3) is 5.56 Å². The Morgan fingerprint density at radius 1 is 0.454 bits per heavy atom. The molecule has 0 unspecified atom stereocenters. The van der Waals surface area contributed by atoms with E-state index >= 15 is 0 Å². The summed E-state index contributed by atoms with van der Waals surface area (Å²) in [6.45, 7) is 19.3. The molecular formula is C77H73BClF6N9O14. The van der Waals surface area contributed by atoms with Gasteiger partial charge in [-0.05, 0) is 208 Å². The monoisotopic (exact) mass is 1510 g/mol. The first-order valence-electron chi connectivity index (χ1n) is 34.2. The van der Waals surface area contributed by atoms with E-state index in [9.17, 15) is 45.5 Å². The van der Waals surface area contributed by atoms with Crippen LogP contribution < -0.4 is 64.9 Å². The number of halogens is 7. The third-order valence-corrected chi connectivity index (χ3v) is 20.4. The number of ether oxygens (including phenoxy) is 8. The van der Waals surface area contributed by atoms with E-state index in [1.165, 1.54) is 36.4 Å². The molecule has 23 nitrogen and oxygen atoms in total. The molecule has 4 aliphatic heterocycles. The number of carbonyl (C=O) groups excluding carboxylic acids is 3. The van der Waals surface area contributed by atoms with Gasteiger partial charge in [0.15, 0.2) is 34.5 Å². The van der Waals surface area contributed by atoms with Crippen molar-refractivity contribution in [3.05, 3.63) is 193 Å². The molecule has 31 heteroatoms. The molecule has 3 amide bonds. The molecule has 3 saturated carbocycles. The summed E-state index contributed by atoms with van der Waals surface area (Å²) in [6, 6.07) is 29.5. The Kier molecular flexibility index (Phi) is 19.5. The summed E-state index contributed by atoms with van der Waals surface area (Å²) in [5.74, 6) is 1.11. The molecule has 9 aromatic rings. The third kappa shape index (κ3) is 15.3. The molecule has 3 aliphatic carbocycles. The average molecular weight is 1510 g/mol. The van der Waals surface area contributed by atoms with Gasteiger partial charge in [-0.15, -0.1) is 26.3 Å². The summed E-state index contributed by atoms with van der Waals surface area (Å²) >= 11 is 5.97. The van der Waals surface area contributed by atoms with Crippen molar-refractivity contribution in [3.63, 3.8) is 0 Å².